The summed E-state index contributed by atoms with van der Waals surface area (Å²) in [5.74, 6) is 0.498. The van der Waals surface area contributed by atoms with Crippen molar-refractivity contribution >= 4 is 16.7 Å². The van der Waals surface area contributed by atoms with Crippen LogP contribution in [0, 0.1) is 12.7 Å². The molecule has 1 heterocycles. The second kappa shape index (κ2) is 4.32. The van der Waals surface area contributed by atoms with E-state index in [1.54, 1.807) is 6.07 Å². The summed E-state index contributed by atoms with van der Waals surface area (Å²) in [6.07, 6.45) is 2.22. The summed E-state index contributed by atoms with van der Waals surface area (Å²) in [6.45, 7) is 2.02. The number of aromatic nitrogens is 2. The molecule has 3 nitrogen and oxygen atoms in total. The van der Waals surface area contributed by atoms with Crippen molar-refractivity contribution in [2.45, 2.75) is 25.8 Å². The molecule has 3 aromatic rings. The molecule has 0 aliphatic heterocycles. The van der Waals surface area contributed by atoms with E-state index in [-0.39, 0.29) is 5.82 Å². The lowest BCUT2D eigenvalue weighted by Gasteiger charge is -2.10. The van der Waals surface area contributed by atoms with Crippen LogP contribution in [0.25, 0.3) is 22.4 Å². The van der Waals surface area contributed by atoms with Gasteiger partial charge in [0.2, 0.25) is 0 Å². The Balaban J connectivity index is 2.06. The summed E-state index contributed by atoms with van der Waals surface area (Å²) in [4.78, 5) is 4.55. The van der Waals surface area contributed by atoms with Gasteiger partial charge in [-0.2, -0.15) is 0 Å². The third-order valence-corrected chi connectivity index (χ3v) is 4.03. The first-order valence-electron chi connectivity index (χ1n) is 7.18. The number of anilines is 1. The predicted octanol–water partition coefficient (Wildman–Crippen LogP) is 4.07. The van der Waals surface area contributed by atoms with Crippen LogP contribution in [-0.4, -0.2) is 9.55 Å². The van der Waals surface area contributed by atoms with Gasteiger partial charge in [0, 0.05) is 17.3 Å². The van der Waals surface area contributed by atoms with Crippen LogP contribution < -0.4 is 5.73 Å². The first kappa shape index (κ1) is 12.4. The summed E-state index contributed by atoms with van der Waals surface area (Å²) in [5.41, 5.74) is 10.1. The van der Waals surface area contributed by atoms with Crippen LogP contribution in [-0.2, 0) is 0 Å². The molecule has 0 saturated heterocycles. The molecule has 21 heavy (non-hydrogen) atoms. The van der Waals surface area contributed by atoms with E-state index in [0.717, 1.165) is 35.3 Å². The van der Waals surface area contributed by atoms with E-state index in [9.17, 15) is 4.39 Å². The lowest BCUT2D eigenvalue weighted by atomic mass is 10.1. The van der Waals surface area contributed by atoms with E-state index in [4.69, 9.17) is 5.73 Å². The Morgan fingerprint density at radius 1 is 1.24 bits per heavy atom. The molecule has 1 saturated carbocycles. The van der Waals surface area contributed by atoms with E-state index >= 15 is 0 Å². The first-order valence-corrected chi connectivity index (χ1v) is 7.18. The number of nitrogens with zero attached hydrogens (tertiary/aromatic N) is 2. The number of hydrogen-bond acceptors (Lipinski definition) is 2. The van der Waals surface area contributed by atoms with Crippen molar-refractivity contribution in [1.82, 2.24) is 9.55 Å². The maximum atomic E-state index is 14.1. The minimum absolute atomic E-state index is 0.278. The highest BCUT2D eigenvalue weighted by Crippen LogP contribution is 2.42. The SMILES string of the molecule is Cc1ccc(N)c(-c2nc3c(F)cccc3n2C2CC2)c1. The van der Waals surface area contributed by atoms with Crippen molar-refractivity contribution in [3.8, 4) is 11.4 Å². The van der Waals surface area contributed by atoms with E-state index < -0.39 is 0 Å². The van der Waals surface area contributed by atoms with Crippen LogP contribution in [0.4, 0.5) is 10.1 Å². The number of hydrogen-bond donors (Lipinski definition) is 1. The third-order valence-electron chi connectivity index (χ3n) is 4.03. The predicted molar refractivity (Wildman–Crippen MR) is 82.5 cm³/mol. The van der Waals surface area contributed by atoms with Crippen LogP contribution in [0.5, 0.6) is 0 Å². The summed E-state index contributed by atoms with van der Waals surface area (Å²) in [6, 6.07) is 11.4. The number of benzene rings is 2. The van der Waals surface area contributed by atoms with E-state index in [1.165, 1.54) is 6.07 Å². The first-order chi connectivity index (χ1) is 10.1. The van der Waals surface area contributed by atoms with Crippen LogP contribution in [0.3, 0.4) is 0 Å². The quantitative estimate of drug-likeness (QED) is 0.720. The monoisotopic (exact) mass is 281 g/mol. The smallest absolute Gasteiger partial charge is 0.151 e. The van der Waals surface area contributed by atoms with Gasteiger partial charge >= 0.3 is 0 Å². The van der Waals surface area contributed by atoms with E-state index in [2.05, 4.69) is 9.55 Å². The number of para-hydroxylation sites is 1. The minimum atomic E-state index is -0.278. The number of aryl methyl sites for hydroxylation is 1. The molecule has 1 aliphatic rings. The minimum Gasteiger partial charge on any atom is -0.398 e. The van der Waals surface area contributed by atoms with Gasteiger partial charge in [0.25, 0.3) is 0 Å². The number of nitrogens with two attached hydrogens (primary N) is 1. The zero-order valence-electron chi connectivity index (χ0n) is 11.8. The van der Waals surface area contributed by atoms with Gasteiger partial charge in [-0.3, -0.25) is 0 Å². The Labute approximate surface area is 122 Å². The molecule has 0 atom stereocenters. The van der Waals surface area contributed by atoms with Gasteiger partial charge in [0.15, 0.2) is 5.82 Å². The zero-order chi connectivity index (χ0) is 14.6. The van der Waals surface area contributed by atoms with Crippen LogP contribution >= 0.6 is 0 Å². The van der Waals surface area contributed by atoms with Crippen molar-refractivity contribution in [3.05, 3.63) is 47.8 Å². The second-order valence-electron chi connectivity index (χ2n) is 5.73. The highest BCUT2D eigenvalue weighted by Gasteiger charge is 2.29. The fourth-order valence-electron chi connectivity index (χ4n) is 2.84. The molecule has 0 spiro atoms. The van der Waals surface area contributed by atoms with Crippen molar-refractivity contribution in [2.24, 2.45) is 0 Å². The fourth-order valence-corrected chi connectivity index (χ4v) is 2.84. The molecule has 0 radical (unpaired) electrons. The summed E-state index contributed by atoms with van der Waals surface area (Å²) in [7, 11) is 0. The summed E-state index contributed by atoms with van der Waals surface area (Å²) < 4.78 is 16.2. The second-order valence-corrected chi connectivity index (χ2v) is 5.73. The van der Waals surface area contributed by atoms with Gasteiger partial charge < -0.3 is 10.3 Å². The Hall–Kier alpha value is -2.36. The number of rotatable bonds is 2. The summed E-state index contributed by atoms with van der Waals surface area (Å²) in [5, 5.41) is 0. The maximum absolute atomic E-state index is 14.1. The van der Waals surface area contributed by atoms with Gasteiger partial charge in [-0.15, -0.1) is 0 Å². The zero-order valence-corrected chi connectivity index (χ0v) is 11.8. The van der Waals surface area contributed by atoms with Crippen molar-refractivity contribution in [2.75, 3.05) is 5.73 Å². The molecule has 0 bridgehead atoms. The fraction of sp³-hybridized carbons (Fsp3) is 0.235. The molecule has 0 unspecified atom stereocenters. The van der Waals surface area contributed by atoms with Gasteiger partial charge in [-0.25, -0.2) is 9.37 Å². The van der Waals surface area contributed by atoms with Crippen molar-refractivity contribution < 1.29 is 4.39 Å². The van der Waals surface area contributed by atoms with Crippen molar-refractivity contribution in [3.63, 3.8) is 0 Å². The average Bonchev–Trinajstić information content (AvgIpc) is 3.22. The molecule has 1 fully saturated rings. The van der Waals surface area contributed by atoms with Gasteiger partial charge in [0.05, 0.1) is 5.52 Å². The standard InChI is InChI=1S/C17H16FN3/c1-10-5-8-14(19)12(9-10)17-20-16-13(18)3-2-4-15(16)21(17)11-6-7-11/h2-5,8-9,11H,6-7,19H2,1H3. The van der Waals surface area contributed by atoms with Gasteiger partial charge in [-0.1, -0.05) is 17.7 Å². The van der Waals surface area contributed by atoms with Gasteiger partial charge in [0.1, 0.15) is 11.3 Å². The highest BCUT2D eigenvalue weighted by atomic mass is 19.1. The Morgan fingerprint density at radius 2 is 2.05 bits per heavy atom. The Kier molecular flexibility index (Phi) is 2.55. The van der Waals surface area contributed by atoms with Gasteiger partial charge in [-0.05, 0) is 44.0 Å². The van der Waals surface area contributed by atoms with Crippen LogP contribution in [0.1, 0.15) is 24.4 Å². The molecular weight excluding hydrogens is 265 g/mol. The van der Waals surface area contributed by atoms with Crippen molar-refractivity contribution in [1.29, 1.82) is 0 Å². The number of halogens is 1. The average molecular weight is 281 g/mol. The number of fused-ring (bicyclic) bond motifs is 1. The third kappa shape index (κ3) is 1.90. The molecule has 1 aromatic heterocycles. The molecule has 4 heteroatoms. The lowest BCUT2D eigenvalue weighted by molar-refractivity contribution is 0.637. The molecule has 4 rings (SSSR count). The molecule has 1 aliphatic carbocycles. The topological polar surface area (TPSA) is 43.8 Å². The van der Waals surface area contributed by atoms with Crippen LogP contribution in [0.15, 0.2) is 36.4 Å². The molecule has 2 N–H and O–H groups in total. The molecule has 106 valence electrons. The molecule has 2 aromatic carbocycles. The van der Waals surface area contributed by atoms with E-state index in [0.29, 0.717) is 17.2 Å². The summed E-state index contributed by atoms with van der Waals surface area (Å²) >= 11 is 0. The van der Waals surface area contributed by atoms with E-state index in [1.807, 2.05) is 31.2 Å². The highest BCUT2D eigenvalue weighted by molar-refractivity contribution is 5.84. The van der Waals surface area contributed by atoms with Crippen LogP contribution in [0.2, 0.25) is 0 Å². The molecular formula is C17H16FN3. The lowest BCUT2D eigenvalue weighted by Crippen LogP contribution is -2.00. The molecule has 0 amide bonds. The normalized spacial score (nSPS) is 14.8. The maximum Gasteiger partial charge on any atom is 0.151 e. The number of nitrogen functional groups attached to an aromatic ring is 1. The number of imidazole rings is 1. The Morgan fingerprint density at radius 3 is 2.81 bits per heavy atom. The largest absolute Gasteiger partial charge is 0.398 e. The Bertz CT molecular complexity index is 847.